The highest BCUT2D eigenvalue weighted by atomic mass is 32.1. The highest BCUT2D eigenvalue weighted by Gasteiger charge is 2.28. The van der Waals surface area contributed by atoms with Gasteiger partial charge >= 0.3 is 0 Å². The van der Waals surface area contributed by atoms with Crippen LogP contribution in [-0.4, -0.2) is 27.9 Å². The molecule has 0 aliphatic carbocycles. The van der Waals surface area contributed by atoms with Crippen LogP contribution in [0.1, 0.15) is 22.9 Å². The van der Waals surface area contributed by atoms with Crippen molar-refractivity contribution < 1.29 is 4.39 Å². The number of benzene rings is 2. The van der Waals surface area contributed by atoms with E-state index in [2.05, 4.69) is 40.4 Å². The monoisotopic (exact) mass is 448 g/mol. The molecular formula is C24H25FN6S. The molecule has 32 heavy (non-hydrogen) atoms. The van der Waals surface area contributed by atoms with Gasteiger partial charge in [-0.05, 0) is 36.2 Å². The maximum Gasteiger partial charge on any atom is 0.183 e. The fourth-order valence-corrected chi connectivity index (χ4v) is 4.96. The average molecular weight is 449 g/mol. The Hall–Kier alpha value is -3.07. The van der Waals surface area contributed by atoms with Gasteiger partial charge in [-0.1, -0.05) is 53.8 Å². The number of aryl methyl sites for hydroxylation is 1. The minimum atomic E-state index is -0.227. The molecule has 1 fully saturated rings. The molecule has 2 aromatic heterocycles. The standard InChI is InChI=1S/C24H25FN6S/c1-16-23(21-11-12-31(30-21)15-17-7-9-20(25)10-8-17)32-24(28-16)26-13-19-14-27-29-22(19)18-5-3-2-4-6-18/h2-12,19,22,27,29H,13-15H2,1H3,(H,26,28). The Balaban J connectivity index is 1.24. The van der Waals surface area contributed by atoms with E-state index in [1.165, 1.54) is 17.7 Å². The number of thiazole rings is 1. The minimum absolute atomic E-state index is 0.227. The van der Waals surface area contributed by atoms with Crippen LogP contribution in [0.25, 0.3) is 10.6 Å². The third kappa shape index (κ3) is 4.57. The number of anilines is 1. The molecule has 2 atom stereocenters. The summed E-state index contributed by atoms with van der Waals surface area (Å²) in [4.78, 5) is 5.79. The van der Waals surface area contributed by atoms with Crippen LogP contribution in [0.5, 0.6) is 0 Å². The largest absolute Gasteiger partial charge is 0.361 e. The van der Waals surface area contributed by atoms with Gasteiger partial charge in [-0.25, -0.2) is 14.8 Å². The van der Waals surface area contributed by atoms with Crippen LogP contribution in [0.2, 0.25) is 0 Å². The summed E-state index contributed by atoms with van der Waals surface area (Å²) in [6, 6.07) is 19.3. The molecule has 6 nitrogen and oxygen atoms in total. The topological polar surface area (TPSA) is 66.8 Å². The molecule has 3 N–H and O–H groups in total. The second-order valence-electron chi connectivity index (χ2n) is 8.01. The molecule has 0 saturated carbocycles. The van der Waals surface area contributed by atoms with Gasteiger partial charge in [0.05, 0.1) is 23.2 Å². The first-order valence-corrected chi connectivity index (χ1v) is 11.5. The van der Waals surface area contributed by atoms with E-state index in [-0.39, 0.29) is 11.9 Å². The van der Waals surface area contributed by atoms with E-state index < -0.39 is 0 Å². The Labute approximate surface area is 190 Å². The van der Waals surface area contributed by atoms with Crippen molar-refractivity contribution >= 4 is 16.5 Å². The summed E-state index contributed by atoms with van der Waals surface area (Å²) >= 11 is 1.63. The number of hydrogen-bond donors (Lipinski definition) is 3. The molecule has 1 saturated heterocycles. The minimum Gasteiger partial charge on any atom is -0.361 e. The molecule has 0 radical (unpaired) electrons. The van der Waals surface area contributed by atoms with E-state index >= 15 is 0 Å². The van der Waals surface area contributed by atoms with E-state index in [0.717, 1.165) is 40.0 Å². The molecule has 3 heterocycles. The van der Waals surface area contributed by atoms with Gasteiger partial charge in [0.25, 0.3) is 0 Å². The number of rotatable bonds is 7. The fraction of sp³-hybridized carbons (Fsp3) is 0.250. The zero-order valence-electron chi connectivity index (χ0n) is 17.8. The van der Waals surface area contributed by atoms with Gasteiger partial charge in [-0.2, -0.15) is 5.10 Å². The Morgan fingerprint density at radius 1 is 1.12 bits per heavy atom. The summed E-state index contributed by atoms with van der Waals surface area (Å²) in [6.45, 7) is 4.34. The zero-order chi connectivity index (χ0) is 21.9. The lowest BCUT2D eigenvalue weighted by molar-refractivity contribution is 0.493. The third-order valence-corrected chi connectivity index (χ3v) is 6.83. The Bertz CT molecular complexity index is 1170. The number of aromatic nitrogens is 3. The normalized spacial score (nSPS) is 18.2. The Morgan fingerprint density at radius 3 is 2.75 bits per heavy atom. The first-order chi connectivity index (χ1) is 15.7. The predicted molar refractivity (Wildman–Crippen MR) is 126 cm³/mol. The molecular weight excluding hydrogens is 423 g/mol. The number of hydrogen-bond acceptors (Lipinski definition) is 6. The molecule has 8 heteroatoms. The van der Waals surface area contributed by atoms with E-state index in [1.54, 1.807) is 23.5 Å². The first kappa shape index (κ1) is 20.8. The van der Waals surface area contributed by atoms with E-state index in [4.69, 9.17) is 10.1 Å². The smallest absolute Gasteiger partial charge is 0.183 e. The Kier molecular flexibility index (Phi) is 5.98. The third-order valence-electron chi connectivity index (χ3n) is 5.70. The lowest BCUT2D eigenvalue weighted by Gasteiger charge is -2.18. The second-order valence-corrected chi connectivity index (χ2v) is 9.01. The van der Waals surface area contributed by atoms with Crippen molar-refractivity contribution in [2.24, 2.45) is 5.92 Å². The van der Waals surface area contributed by atoms with Crippen LogP contribution in [0.3, 0.4) is 0 Å². The van der Waals surface area contributed by atoms with Crippen LogP contribution in [0.4, 0.5) is 9.52 Å². The molecule has 0 bridgehead atoms. The van der Waals surface area contributed by atoms with Crippen LogP contribution in [-0.2, 0) is 6.54 Å². The zero-order valence-corrected chi connectivity index (χ0v) is 18.6. The summed E-state index contributed by atoms with van der Waals surface area (Å²) < 4.78 is 15.0. The quantitative estimate of drug-likeness (QED) is 0.392. The van der Waals surface area contributed by atoms with Gasteiger partial charge < -0.3 is 5.32 Å². The van der Waals surface area contributed by atoms with Crippen molar-refractivity contribution in [1.29, 1.82) is 0 Å². The summed E-state index contributed by atoms with van der Waals surface area (Å²) in [7, 11) is 0. The van der Waals surface area contributed by atoms with Crippen LogP contribution < -0.4 is 16.2 Å². The summed E-state index contributed by atoms with van der Waals surface area (Å²) in [6.07, 6.45) is 1.95. The summed E-state index contributed by atoms with van der Waals surface area (Å²) in [5.74, 6) is 0.189. The van der Waals surface area contributed by atoms with Crippen molar-refractivity contribution in [2.45, 2.75) is 19.5 Å². The maximum atomic E-state index is 13.1. The molecule has 4 aromatic rings. The molecule has 1 aliphatic heterocycles. The summed E-state index contributed by atoms with van der Waals surface area (Å²) in [5, 5.41) is 9.14. The molecule has 5 rings (SSSR count). The van der Waals surface area contributed by atoms with E-state index in [1.807, 2.05) is 29.9 Å². The molecule has 1 aliphatic rings. The highest BCUT2D eigenvalue weighted by Crippen LogP contribution is 2.32. The average Bonchev–Trinajstić information content (AvgIpc) is 3.54. The van der Waals surface area contributed by atoms with Gasteiger partial charge in [0.2, 0.25) is 0 Å². The Morgan fingerprint density at radius 2 is 1.94 bits per heavy atom. The lowest BCUT2D eigenvalue weighted by Crippen LogP contribution is -2.25. The maximum absolute atomic E-state index is 13.1. The first-order valence-electron chi connectivity index (χ1n) is 10.7. The number of nitrogens with zero attached hydrogens (tertiary/aromatic N) is 3. The predicted octanol–water partition coefficient (Wildman–Crippen LogP) is 4.38. The van der Waals surface area contributed by atoms with Crippen LogP contribution in [0, 0.1) is 18.7 Å². The van der Waals surface area contributed by atoms with Crippen molar-refractivity contribution in [1.82, 2.24) is 25.6 Å². The van der Waals surface area contributed by atoms with Gasteiger partial charge in [-0.3, -0.25) is 10.1 Å². The van der Waals surface area contributed by atoms with Gasteiger partial charge in [0, 0.05) is 25.2 Å². The molecule has 0 amide bonds. The molecule has 0 spiro atoms. The van der Waals surface area contributed by atoms with Crippen LogP contribution in [0.15, 0.2) is 66.9 Å². The molecule has 164 valence electrons. The SMILES string of the molecule is Cc1nc(NCC2CNNC2c2ccccc2)sc1-c1ccn(Cc2ccc(F)cc2)n1. The molecule has 2 unspecified atom stereocenters. The number of hydrazine groups is 1. The van der Waals surface area contributed by atoms with Gasteiger partial charge in [-0.15, -0.1) is 0 Å². The van der Waals surface area contributed by atoms with Crippen LogP contribution >= 0.6 is 11.3 Å². The number of nitrogens with one attached hydrogen (secondary N) is 3. The van der Waals surface area contributed by atoms with Crippen molar-refractivity contribution in [3.8, 4) is 10.6 Å². The van der Waals surface area contributed by atoms with Gasteiger partial charge in [0.1, 0.15) is 11.5 Å². The van der Waals surface area contributed by atoms with Crippen molar-refractivity contribution in [2.75, 3.05) is 18.4 Å². The highest BCUT2D eigenvalue weighted by molar-refractivity contribution is 7.19. The second kappa shape index (κ2) is 9.20. The number of halogens is 1. The fourth-order valence-electron chi connectivity index (χ4n) is 4.02. The lowest BCUT2D eigenvalue weighted by atomic mass is 9.95. The van der Waals surface area contributed by atoms with Gasteiger partial charge in [0.15, 0.2) is 5.13 Å². The summed E-state index contributed by atoms with van der Waals surface area (Å²) in [5.41, 5.74) is 10.8. The van der Waals surface area contributed by atoms with E-state index in [0.29, 0.717) is 12.5 Å². The van der Waals surface area contributed by atoms with Crippen molar-refractivity contribution in [3.05, 3.63) is 89.5 Å². The van der Waals surface area contributed by atoms with Crippen molar-refractivity contribution in [3.63, 3.8) is 0 Å². The van der Waals surface area contributed by atoms with E-state index in [9.17, 15) is 4.39 Å². The molecule has 2 aromatic carbocycles.